The number of hydrogen-bond donors (Lipinski definition) is 1. The fourth-order valence-corrected chi connectivity index (χ4v) is 2.93. The van der Waals surface area contributed by atoms with Gasteiger partial charge in [0.2, 0.25) is 0 Å². The topological polar surface area (TPSA) is 54.0 Å². The Balaban J connectivity index is 1.76. The van der Waals surface area contributed by atoms with Gasteiger partial charge in [0.05, 0.1) is 24.3 Å². The lowest BCUT2D eigenvalue weighted by Crippen LogP contribution is -2.42. The van der Waals surface area contributed by atoms with E-state index in [1.54, 1.807) is 6.07 Å². The maximum atomic E-state index is 12.9. The van der Waals surface area contributed by atoms with Crippen LogP contribution in [0, 0.1) is 6.92 Å². The fraction of sp³-hybridized carbons (Fsp3) is 0.500. The summed E-state index contributed by atoms with van der Waals surface area (Å²) in [6.45, 7) is 5.45. The monoisotopic (exact) mass is 340 g/mol. The predicted molar refractivity (Wildman–Crippen MR) is 81.1 cm³/mol. The third kappa shape index (κ3) is 3.93. The molecule has 2 unspecified atom stereocenters. The first-order chi connectivity index (χ1) is 11.3. The van der Waals surface area contributed by atoms with E-state index < -0.39 is 17.8 Å². The highest BCUT2D eigenvalue weighted by Gasteiger charge is 2.32. The normalized spacial score (nSPS) is 22.7. The van der Waals surface area contributed by atoms with Crippen molar-refractivity contribution in [3.8, 4) is 0 Å². The quantitative estimate of drug-likeness (QED) is 0.933. The number of H-pyrrole nitrogens is 1. The minimum absolute atomic E-state index is 0.0849. The van der Waals surface area contributed by atoms with Gasteiger partial charge in [-0.1, -0.05) is 12.1 Å². The van der Waals surface area contributed by atoms with E-state index >= 15 is 0 Å². The second-order valence-corrected chi connectivity index (χ2v) is 6.09. The summed E-state index contributed by atoms with van der Waals surface area (Å²) in [5, 5.41) is 6.90. The minimum Gasteiger partial charge on any atom is -0.368 e. The van der Waals surface area contributed by atoms with Crippen molar-refractivity contribution in [1.82, 2.24) is 20.1 Å². The van der Waals surface area contributed by atoms with Crippen molar-refractivity contribution >= 4 is 0 Å². The van der Waals surface area contributed by atoms with E-state index in [1.165, 1.54) is 6.07 Å². The molecule has 130 valence electrons. The third-order valence-electron chi connectivity index (χ3n) is 3.93. The van der Waals surface area contributed by atoms with Crippen LogP contribution in [0.15, 0.2) is 24.3 Å². The summed E-state index contributed by atoms with van der Waals surface area (Å²) in [6, 6.07) is 5.33. The molecule has 0 amide bonds. The molecular formula is C16H19F3N4O. The molecule has 8 heteroatoms. The Bertz CT molecular complexity index is 701. The van der Waals surface area contributed by atoms with Crippen molar-refractivity contribution in [3.63, 3.8) is 0 Å². The molecule has 1 aliphatic rings. The van der Waals surface area contributed by atoms with E-state index in [1.807, 2.05) is 13.8 Å². The number of aryl methyl sites for hydroxylation is 1. The first-order valence-electron chi connectivity index (χ1n) is 7.74. The van der Waals surface area contributed by atoms with E-state index in [0.717, 1.165) is 18.0 Å². The van der Waals surface area contributed by atoms with Gasteiger partial charge in [-0.2, -0.15) is 18.3 Å². The van der Waals surface area contributed by atoms with E-state index in [4.69, 9.17) is 4.74 Å². The third-order valence-corrected chi connectivity index (χ3v) is 3.93. The number of aromatic nitrogens is 3. The Hall–Kier alpha value is -1.93. The van der Waals surface area contributed by atoms with Crippen molar-refractivity contribution in [2.24, 2.45) is 0 Å². The summed E-state index contributed by atoms with van der Waals surface area (Å²) in [6.07, 6.45) is -4.85. The molecule has 3 rings (SSSR count). The van der Waals surface area contributed by atoms with Crippen molar-refractivity contribution in [3.05, 3.63) is 47.0 Å². The van der Waals surface area contributed by atoms with Gasteiger partial charge in [-0.15, -0.1) is 0 Å². The number of alkyl halides is 3. The Morgan fingerprint density at radius 2 is 2.12 bits per heavy atom. The number of halogens is 3. The average Bonchev–Trinajstić information content (AvgIpc) is 2.91. The minimum atomic E-state index is -4.35. The molecule has 2 aromatic rings. The van der Waals surface area contributed by atoms with Crippen LogP contribution in [0.1, 0.15) is 35.8 Å². The highest BCUT2D eigenvalue weighted by atomic mass is 19.4. The summed E-state index contributed by atoms with van der Waals surface area (Å²) in [5.74, 6) is 1.41. The Morgan fingerprint density at radius 1 is 1.33 bits per heavy atom. The first kappa shape index (κ1) is 16.9. The van der Waals surface area contributed by atoms with Crippen molar-refractivity contribution in [2.75, 3.05) is 13.1 Å². The van der Waals surface area contributed by atoms with Crippen LogP contribution in [0.3, 0.4) is 0 Å². The van der Waals surface area contributed by atoms with E-state index in [-0.39, 0.29) is 6.10 Å². The maximum absolute atomic E-state index is 12.9. The SMILES string of the molecule is Cc1nc(CN2CC(C)OC(c3cccc(C(F)(F)F)c3)C2)n[nH]1. The Morgan fingerprint density at radius 3 is 2.79 bits per heavy atom. The molecule has 1 saturated heterocycles. The molecule has 2 heterocycles. The van der Waals surface area contributed by atoms with E-state index in [2.05, 4.69) is 20.1 Å². The van der Waals surface area contributed by atoms with Gasteiger partial charge < -0.3 is 4.74 Å². The van der Waals surface area contributed by atoms with Gasteiger partial charge in [0.1, 0.15) is 5.82 Å². The van der Waals surface area contributed by atoms with Crippen LogP contribution in [-0.4, -0.2) is 39.3 Å². The number of hydrogen-bond acceptors (Lipinski definition) is 4. The molecule has 1 aromatic heterocycles. The number of rotatable bonds is 3. The van der Waals surface area contributed by atoms with Crippen LogP contribution in [0.2, 0.25) is 0 Å². The zero-order valence-corrected chi connectivity index (χ0v) is 13.5. The van der Waals surface area contributed by atoms with Gasteiger partial charge in [-0.05, 0) is 31.5 Å². The standard InChI is InChI=1S/C16H19F3N4O/c1-10-7-23(9-15-20-11(2)21-22-15)8-14(24-10)12-4-3-5-13(6-12)16(17,18)19/h3-6,10,14H,7-9H2,1-2H3,(H,20,21,22). The van der Waals surface area contributed by atoms with Crippen LogP contribution in [0.5, 0.6) is 0 Å². The Labute approximate surface area is 137 Å². The smallest absolute Gasteiger partial charge is 0.368 e. The molecule has 0 aliphatic carbocycles. The molecule has 0 bridgehead atoms. The maximum Gasteiger partial charge on any atom is 0.416 e. The first-order valence-corrected chi connectivity index (χ1v) is 7.74. The second kappa shape index (κ2) is 6.52. The lowest BCUT2D eigenvalue weighted by Gasteiger charge is -2.36. The number of ether oxygens (including phenoxy) is 1. The number of nitrogens with zero attached hydrogens (tertiary/aromatic N) is 3. The van der Waals surface area contributed by atoms with Gasteiger partial charge in [-0.25, -0.2) is 4.98 Å². The van der Waals surface area contributed by atoms with Crippen LogP contribution in [-0.2, 0) is 17.5 Å². The predicted octanol–water partition coefficient (Wildman–Crippen LogP) is 3.09. The number of nitrogens with one attached hydrogen (secondary N) is 1. The highest BCUT2D eigenvalue weighted by molar-refractivity contribution is 5.27. The second-order valence-electron chi connectivity index (χ2n) is 6.09. The summed E-state index contributed by atoms with van der Waals surface area (Å²) in [7, 11) is 0. The molecule has 2 atom stereocenters. The molecule has 1 fully saturated rings. The average molecular weight is 340 g/mol. The van der Waals surface area contributed by atoms with Crippen molar-refractivity contribution in [1.29, 1.82) is 0 Å². The fourth-order valence-electron chi connectivity index (χ4n) is 2.93. The zero-order valence-electron chi connectivity index (χ0n) is 13.5. The van der Waals surface area contributed by atoms with Crippen LogP contribution >= 0.6 is 0 Å². The molecule has 0 radical (unpaired) electrons. The summed E-state index contributed by atoms with van der Waals surface area (Å²) in [5.41, 5.74) is -0.120. The molecule has 1 aromatic carbocycles. The van der Waals surface area contributed by atoms with Gasteiger partial charge >= 0.3 is 6.18 Å². The largest absolute Gasteiger partial charge is 0.416 e. The summed E-state index contributed by atoms with van der Waals surface area (Å²) < 4.78 is 44.6. The lowest BCUT2D eigenvalue weighted by molar-refractivity contribution is -0.137. The van der Waals surface area contributed by atoms with Gasteiger partial charge in [0.15, 0.2) is 5.82 Å². The van der Waals surface area contributed by atoms with E-state index in [0.29, 0.717) is 31.0 Å². The highest BCUT2D eigenvalue weighted by Crippen LogP contribution is 2.33. The number of aromatic amines is 1. The Kier molecular flexibility index (Phi) is 4.60. The zero-order chi connectivity index (χ0) is 17.3. The molecular weight excluding hydrogens is 321 g/mol. The van der Waals surface area contributed by atoms with Crippen molar-refractivity contribution in [2.45, 2.75) is 38.8 Å². The molecule has 1 N–H and O–H groups in total. The van der Waals surface area contributed by atoms with E-state index in [9.17, 15) is 13.2 Å². The van der Waals surface area contributed by atoms with Crippen LogP contribution in [0.4, 0.5) is 13.2 Å². The van der Waals surface area contributed by atoms with Crippen LogP contribution in [0.25, 0.3) is 0 Å². The van der Waals surface area contributed by atoms with Gasteiger partial charge in [0, 0.05) is 13.1 Å². The molecule has 0 spiro atoms. The van der Waals surface area contributed by atoms with Crippen molar-refractivity contribution < 1.29 is 17.9 Å². The molecule has 24 heavy (non-hydrogen) atoms. The number of benzene rings is 1. The summed E-state index contributed by atoms with van der Waals surface area (Å²) >= 11 is 0. The lowest BCUT2D eigenvalue weighted by atomic mass is 10.0. The summed E-state index contributed by atoms with van der Waals surface area (Å²) in [4.78, 5) is 6.38. The van der Waals surface area contributed by atoms with Gasteiger partial charge in [0.25, 0.3) is 0 Å². The van der Waals surface area contributed by atoms with Gasteiger partial charge in [-0.3, -0.25) is 10.00 Å². The molecule has 0 saturated carbocycles. The molecule has 5 nitrogen and oxygen atoms in total. The molecule has 1 aliphatic heterocycles. The van der Waals surface area contributed by atoms with Crippen LogP contribution < -0.4 is 0 Å². The number of morpholine rings is 1.